The van der Waals surface area contributed by atoms with Crippen LogP contribution in [0.25, 0.3) is 0 Å². The molecule has 0 unspecified atom stereocenters. The first kappa shape index (κ1) is 20.9. The van der Waals surface area contributed by atoms with E-state index in [4.69, 9.17) is 0 Å². The molecular formula is C20H32N2O3S. The Morgan fingerprint density at radius 2 is 1.81 bits per heavy atom. The van der Waals surface area contributed by atoms with Gasteiger partial charge in [0.1, 0.15) is 0 Å². The van der Waals surface area contributed by atoms with Crippen LogP contribution in [0.3, 0.4) is 0 Å². The molecule has 1 fully saturated rings. The maximum Gasteiger partial charge on any atom is 0.227 e. The molecular weight excluding hydrogens is 348 g/mol. The Morgan fingerprint density at radius 1 is 1.19 bits per heavy atom. The Labute approximate surface area is 158 Å². The lowest BCUT2D eigenvalue weighted by Gasteiger charge is -2.31. The lowest BCUT2D eigenvalue weighted by Crippen LogP contribution is -2.42. The third-order valence-corrected chi connectivity index (χ3v) is 6.92. The number of amides is 1. The lowest BCUT2D eigenvalue weighted by molar-refractivity contribution is -0.120. The third-order valence-electron chi connectivity index (χ3n) is 4.97. The highest BCUT2D eigenvalue weighted by Gasteiger charge is 2.31. The Kier molecular flexibility index (Phi) is 6.86. The molecule has 0 aromatic heterocycles. The molecule has 146 valence electrons. The van der Waals surface area contributed by atoms with E-state index in [9.17, 15) is 13.2 Å². The average molecular weight is 381 g/mol. The number of hydrogen-bond acceptors (Lipinski definition) is 3. The maximum absolute atomic E-state index is 12.7. The molecule has 1 N–H and O–H groups in total. The number of carbonyl (C=O) groups excluding carboxylic acids is 1. The number of anilines is 1. The zero-order chi connectivity index (χ0) is 19.4. The summed E-state index contributed by atoms with van der Waals surface area (Å²) < 4.78 is 26.1. The molecule has 1 aliphatic heterocycles. The van der Waals surface area contributed by atoms with Crippen LogP contribution in [-0.2, 0) is 20.2 Å². The first-order valence-corrected chi connectivity index (χ1v) is 11.1. The summed E-state index contributed by atoms with van der Waals surface area (Å²) in [7, 11) is -3.18. The predicted octanol–water partition coefficient (Wildman–Crippen LogP) is 3.76. The zero-order valence-electron chi connectivity index (χ0n) is 16.4. The van der Waals surface area contributed by atoms with Crippen molar-refractivity contribution >= 4 is 21.6 Å². The molecule has 0 bridgehead atoms. The Balaban J connectivity index is 1.98. The SMILES string of the molecule is CCCCS(=O)(=O)N1CCC(C(=O)Nc2ccccc2C(C)(C)C)CC1. The second-order valence-electron chi connectivity index (χ2n) is 8.13. The summed E-state index contributed by atoms with van der Waals surface area (Å²) in [6.45, 7) is 9.23. The van der Waals surface area contributed by atoms with Crippen LogP contribution in [0.2, 0.25) is 0 Å². The number of unbranched alkanes of at least 4 members (excludes halogenated alkanes) is 1. The van der Waals surface area contributed by atoms with E-state index in [0.717, 1.165) is 17.7 Å². The van der Waals surface area contributed by atoms with Gasteiger partial charge in [-0.15, -0.1) is 0 Å². The van der Waals surface area contributed by atoms with E-state index >= 15 is 0 Å². The number of para-hydroxylation sites is 1. The molecule has 1 aliphatic rings. The zero-order valence-corrected chi connectivity index (χ0v) is 17.2. The molecule has 1 amide bonds. The number of nitrogens with one attached hydrogen (secondary N) is 1. The van der Waals surface area contributed by atoms with Crippen molar-refractivity contribution in [1.29, 1.82) is 0 Å². The summed E-state index contributed by atoms with van der Waals surface area (Å²) in [6, 6.07) is 7.88. The monoisotopic (exact) mass is 380 g/mol. The quantitative estimate of drug-likeness (QED) is 0.817. The van der Waals surface area contributed by atoms with Gasteiger partial charge in [-0.05, 0) is 36.3 Å². The van der Waals surface area contributed by atoms with Gasteiger partial charge in [0.05, 0.1) is 5.75 Å². The third kappa shape index (κ3) is 5.30. The number of hydrogen-bond donors (Lipinski definition) is 1. The van der Waals surface area contributed by atoms with Crippen molar-refractivity contribution in [3.05, 3.63) is 29.8 Å². The molecule has 6 heteroatoms. The summed E-state index contributed by atoms with van der Waals surface area (Å²) in [5.74, 6) is 0.0622. The Morgan fingerprint density at radius 3 is 2.38 bits per heavy atom. The lowest BCUT2D eigenvalue weighted by atomic mass is 9.85. The number of rotatable bonds is 6. The fourth-order valence-corrected chi connectivity index (χ4v) is 5.01. The van der Waals surface area contributed by atoms with Crippen molar-refractivity contribution < 1.29 is 13.2 Å². The van der Waals surface area contributed by atoms with E-state index in [2.05, 4.69) is 26.1 Å². The van der Waals surface area contributed by atoms with Gasteiger partial charge in [-0.25, -0.2) is 12.7 Å². The standard InChI is InChI=1S/C20H32N2O3S/c1-5-6-15-26(24,25)22-13-11-16(12-14-22)19(23)21-18-10-8-7-9-17(18)20(2,3)4/h7-10,16H,5-6,11-15H2,1-4H3,(H,21,23). The molecule has 5 nitrogen and oxygen atoms in total. The smallest absolute Gasteiger partial charge is 0.227 e. The Hall–Kier alpha value is -1.40. The molecule has 1 aromatic carbocycles. The van der Waals surface area contributed by atoms with Crippen LogP contribution in [0, 0.1) is 5.92 Å². The number of benzene rings is 1. The average Bonchev–Trinajstić information content (AvgIpc) is 2.59. The van der Waals surface area contributed by atoms with Gasteiger partial charge in [-0.1, -0.05) is 52.3 Å². The van der Waals surface area contributed by atoms with E-state index in [-0.39, 0.29) is 23.0 Å². The van der Waals surface area contributed by atoms with Crippen molar-refractivity contribution in [3.63, 3.8) is 0 Å². The van der Waals surface area contributed by atoms with Crippen molar-refractivity contribution in [2.24, 2.45) is 5.92 Å². The minimum Gasteiger partial charge on any atom is -0.326 e. The molecule has 2 rings (SSSR count). The topological polar surface area (TPSA) is 66.5 Å². The molecule has 1 heterocycles. The van der Waals surface area contributed by atoms with Gasteiger partial charge >= 0.3 is 0 Å². The van der Waals surface area contributed by atoms with Crippen molar-refractivity contribution in [3.8, 4) is 0 Å². The highest BCUT2D eigenvalue weighted by atomic mass is 32.2. The van der Waals surface area contributed by atoms with Gasteiger partial charge in [0.15, 0.2) is 0 Å². The summed E-state index contributed by atoms with van der Waals surface area (Å²) in [6.07, 6.45) is 2.71. The van der Waals surface area contributed by atoms with Crippen LogP contribution in [-0.4, -0.2) is 37.5 Å². The van der Waals surface area contributed by atoms with E-state index < -0.39 is 10.0 Å². The molecule has 0 radical (unpaired) electrons. The second kappa shape index (κ2) is 8.53. The minimum atomic E-state index is -3.18. The molecule has 0 saturated carbocycles. The van der Waals surface area contributed by atoms with Gasteiger partial charge < -0.3 is 5.32 Å². The summed E-state index contributed by atoms with van der Waals surface area (Å²) in [5.41, 5.74) is 1.90. The van der Waals surface area contributed by atoms with E-state index in [1.54, 1.807) is 4.31 Å². The maximum atomic E-state index is 12.7. The summed E-state index contributed by atoms with van der Waals surface area (Å²) in [5, 5.41) is 3.07. The van der Waals surface area contributed by atoms with Gasteiger partial charge in [-0.2, -0.15) is 0 Å². The van der Waals surface area contributed by atoms with Gasteiger partial charge in [0.25, 0.3) is 0 Å². The van der Waals surface area contributed by atoms with Crippen molar-refractivity contribution in [2.45, 2.75) is 58.8 Å². The molecule has 0 aliphatic carbocycles. The van der Waals surface area contributed by atoms with Gasteiger partial charge in [0.2, 0.25) is 15.9 Å². The van der Waals surface area contributed by atoms with Crippen LogP contribution in [0.4, 0.5) is 5.69 Å². The molecule has 0 atom stereocenters. The highest BCUT2D eigenvalue weighted by molar-refractivity contribution is 7.89. The minimum absolute atomic E-state index is 0.00712. The van der Waals surface area contributed by atoms with Crippen LogP contribution < -0.4 is 5.32 Å². The Bertz CT molecular complexity index is 715. The largest absolute Gasteiger partial charge is 0.326 e. The number of nitrogens with zero attached hydrogens (tertiary/aromatic N) is 1. The normalized spacial score (nSPS) is 17.2. The second-order valence-corrected chi connectivity index (χ2v) is 10.2. The van der Waals surface area contributed by atoms with E-state index in [1.807, 2.05) is 31.2 Å². The highest BCUT2D eigenvalue weighted by Crippen LogP contribution is 2.30. The summed E-state index contributed by atoms with van der Waals surface area (Å²) in [4.78, 5) is 12.7. The number of sulfonamides is 1. The molecule has 26 heavy (non-hydrogen) atoms. The summed E-state index contributed by atoms with van der Waals surface area (Å²) >= 11 is 0. The molecule has 0 spiro atoms. The predicted molar refractivity (Wildman–Crippen MR) is 107 cm³/mol. The van der Waals surface area contributed by atoms with Gasteiger partial charge in [-0.3, -0.25) is 4.79 Å². The fraction of sp³-hybridized carbons (Fsp3) is 0.650. The number of piperidine rings is 1. The van der Waals surface area contributed by atoms with Crippen LogP contribution in [0.5, 0.6) is 0 Å². The van der Waals surface area contributed by atoms with E-state index in [0.29, 0.717) is 32.4 Å². The van der Waals surface area contributed by atoms with Crippen molar-refractivity contribution in [2.75, 3.05) is 24.2 Å². The van der Waals surface area contributed by atoms with Crippen LogP contribution >= 0.6 is 0 Å². The number of carbonyl (C=O) groups is 1. The van der Waals surface area contributed by atoms with Crippen LogP contribution in [0.15, 0.2) is 24.3 Å². The fourth-order valence-electron chi connectivity index (χ4n) is 3.33. The van der Waals surface area contributed by atoms with Crippen LogP contribution in [0.1, 0.15) is 58.9 Å². The van der Waals surface area contributed by atoms with E-state index in [1.165, 1.54) is 0 Å². The van der Waals surface area contributed by atoms with Gasteiger partial charge in [0, 0.05) is 24.7 Å². The molecule has 1 saturated heterocycles. The molecule has 1 aromatic rings. The first-order valence-electron chi connectivity index (χ1n) is 9.53. The van der Waals surface area contributed by atoms with Crippen molar-refractivity contribution in [1.82, 2.24) is 4.31 Å². The first-order chi connectivity index (χ1) is 12.1.